The van der Waals surface area contributed by atoms with Gasteiger partial charge in [0.2, 0.25) is 5.95 Å². The maximum absolute atomic E-state index is 13.3. The van der Waals surface area contributed by atoms with Crippen LogP contribution in [0, 0.1) is 11.8 Å². The van der Waals surface area contributed by atoms with E-state index >= 15 is 0 Å². The molecule has 17 heavy (non-hydrogen) atoms. The van der Waals surface area contributed by atoms with Gasteiger partial charge in [0.25, 0.3) is 5.91 Å². The third-order valence-corrected chi connectivity index (χ3v) is 2.08. The Bertz CT molecular complexity index is 424. The fourth-order valence-corrected chi connectivity index (χ4v) is 1.31. The molecule has 0 bridgehead atoms. The second-order valence-electron chi connectivity index (χ2n) is 3.23. The van der Waals surface area contributed by atoms with E-state index in [9.17, 15) is 13.6 Å². The van der Waals surface area contributed by atoms with Crippen molar-refractivity contribution in [2.24, 2.45) is 0 Å². The van der Waals surface area contributed by atoms with Gasteiger partial charge >= 0.3 is 0 Å². The lowest BCUT2D eigenvalue weighted by Gasteiger charge is -2.20. The molecule has 0 saturated heterocycles. The van der Waals surface area contributed by atoms with Gasteiger partial charge in [-0.2, -0.15) is 4.39 Å². The summed E-state index contributed by atoms with van der Waals surface area (Å²) in [7, 11) is 0. The number of amides is 1. The van der Waals surface area contributed by atoms with Gasteiger partial charge in [-0.05, 0) is 6.07 Å². The minimum atomic E-state index is -1.32. The molecule has 92 valence electrons. The zero-order valence-electron chi connectivity index (χ0n) is 9.07. The van der Waals surface area contributed by atoms with Crippen LogP contribution < -0.4 is 0 Å². The van der Waals surface area contributed by atoms with E-state index in [1.807, 2.05) is 0 Å². The smallest absolute Gasteiger partial charge is 0.257 e. The van der Waals surface area contributed by atoms with E-state index in [-0.39, 0.29) is 19.7 Å². The number of nitrogens with zero attached hydrogens (tertiary/aromatic N) is 2. The van der Waals surface area contributed by atoms with Crippen LogP contribution in [0.15, 0.2) is 24.9 Å². The summed E-state index contributed by atoms with van der Waals surface area (Å²) >= 11 is 0. The van der Waals surface area contributed by atoms with E-state index in [1.54, 1.807) is 0 Å². The number of carbonyl (C=O) groups excluding carboxylic acids is 1. The van der Waals surface area contributed by atoms with Crippen LogP contribution in [-0.4, -0.2) is 40.6 Å². The first-order valence-corrected chi connectivity index (χ1v) is 4.92. The van der Waals surface area contributed by atoms with Gasteiger partial charge in [0.05, 0.1) is 12.2 Å². The van der Waals surface area contributed by atoms with E-state index in [0.29, 0.717) is 0 Å². The number of aliphatic hydroxyl groups is 1. The Morgan fingerprint density at radius 2 is 2.29 bits per heavy atom. The molecule has 0 aliphatic carbocycles. The maximum Gasteiger partial charge on any atom is 0.257 e. The first-order valence-electron chi connectivity index (χ1n) is 4.92. The topological polar surface area (TPSA) is 53.4 Å². The van der Waals surface area contributed by atoms with Gasteiger partial charge in [0.15, 0.2) is 5.82 Å². The predicted molar refractivity (Wildman–Crippen MR) is 57.3 cm³/mol. The van der Waals surface area contributed by atoms with E-state index in [4.69, 9.17) is 5.11 Å². The van der Waals surface area contributed by atoms with Crippen LogP contribution >= 0.6 is 0 Å². The molecule has 0 radical (unpaired) electrons. The number of hydrogen-bond acceptors (Lipinski definition) is 3. The normalized spacial score (nSPS) is 10.1. The maximum atomic E-state index is 13.3. The summed E-state index contributed by atoms with van der Waals surface area (Å²) in [5.74, 6) is -3.32. The molecule has 0 atom stereocenters. The Balaban J connectivity index is 3.00. The number of rotatable bonds is 5. The molecule has 1 rings (SSSR count). The van der Waals surface area contributed by atoms with Crippen molar-refractivity contribution in [2.45, 2.75) is 0 Å². The Labute approximate surface area is 97.2 Å². The molecule has 0 fully saturated rings. The number of aliphatic hydroxyl groups excluding tert-OH is 1. The molecule has 1 aromatic rings. The fraction of sp³-hybridized carbons (Fsp3) is 0.273. The molecule has 1 amide bonds. The van der Waals surface area contributed by atoms with Crippen molar-refractivity contribution in [2.75, 3.05) is 19.7 Å². The molecule has 1 heterocycles. The molecule has 4 nitrogen and oxygen atoms in total. The average molecular weight is 242 g/mol. The minimum Gasteiger partial charge on any atom is -0.395 e. The van der Waals surface area contributed by atoms with Crippen molar-refractivity contribution >= 4 is 5.91 Å². The Morgan fingerprint density at radius 3 is 2.88 bits per heavy atom. The van der Waals surface area contributed by atoms with Crippen LogP contribution in [0.25, 0.3) is 0 Å². The highest BCUT2D eigenvalue weighted by molar-refractivity contribution is 5.94. The fourth-order valence-electron chi connectivity index (χ4n) is 1.31. The highest BCUT2D eigenvalue weighted by atomic mass is 19.2. The predicted octanol–water partition coefficient (Wildman–Crippen LogP) is 0.980. The first-order chi connectivity index (χ1) is 8.11. The number of hydrogen-bond donors (Lipinski definition) is 1. The van der Waals surface area contributed by atoms with E-state index in [1.165, 1.54) is 6.08 Å². The van der Waals surface area contributed by atoms with E-state index in [0.717, 1.165) is 17.2 Å². The third kappa shape index (κ3) is 3.07. The van der Waals surface area contributed by atoms with Crippen LogP contribution in [0.4, 0.5) is 8.78 Å². The lowest BCUT2D eigenvalue weighted by molar-refractivity contribution is 0.0736. The van der Waals surface area contributed by atoms with Gasteiger partial charge in [0, 0.05) is 19.3 Å². The van der Waals surface area contributed by atoms with Crippen LogP contribution in [0.1, 0.15) is 10.4 Å². The van der Waals surface area contributed by atoms with Gasteiger partial charge in [-0.1, -0.05) is 6.08 Å². The Hall–Kier alpha value is -1.82. The molecular weight excluding hydrogens is 230 g/mol. The highest BCUT2D eigenvalue weighted by Gasteiger charge is 2.20. The first kappa shape index (κ1) is 13.2. The largest absolute Gasteiger partial charge is 0.395 e. The molecule has 0 spiro atoms. The van der Waals surface area contributed by atoms with Gasteiger partial charge in [0.1, 0.15) is 0 Å². The zero-order valence-corrected chi connectivity index (χ0v) is 9.07. The average Bonchev–Trinajstić information content (AvgIpc) is 2.31. The Morgan fingerprint density at radius 1 is 1.59 bits per heavy atom. The summed E-state index contributed by atoms with van der Waals surface area (Å²) in [6.45, 7) is 3.34. The molecule has 0 aliphatic rings. The summed E-state index contributed by atoms with van der Waals surface area (Å²) in [5, 5.41) is 8.77. The summed E-state index contributed by atoms with van der Waals surface area (Å²) < 4.78 is 26.2. The zero-order chi connectivity index (χ0) is 12.8. The monoisotopic (exact) mass is 242 g/mol. The highest BCUT2D eigenvalue weighted by Crippen LogP contribution is 2.11. The third-order valence-electron chi connectivity index (χ3n) is 2.08. The van der Waals surface area contributed by atoms with Crippen molar-refractivity contribution in [3.05, 3.63) is 42.2 Å². The SMILES string of the molecule is C=CCN(CCO)C(=O)c1ccnc(F)c1F. The molecule has 6 heteroatoms. The van der Waals surface area contributed by atoms with Crippen molar-refractivity contribution in [3.8, 4) is 0 Å². The quantitative estimate of drug-likeness (QED) is 0.618. The van der Waals surface area contributed by atoms with Crippen molar-refractivity contribution < 1.29 is 18.7 Å². The number of pyridine rings is 1. The summed E-state index contributed by atoms with van der Waals surface area (Å²) in [6, 6.07) is 1.09. The second kappa shape index (κ2) is 6.05. The van der Waals surface area contributed by atoms with Crippen LogP contribution in [-0.2, 0) is 0 Å². The summed E-state index contributed by atoms with van der Waals surface area (Å²) in [5.41, 5.74) is -0.409. The number of carbonyl (C=O) groups is 1. The summed E-state index contributed by atoms with van der Waals surface area (Å²) in [6.07, 6.45) is 2.44. The molecule has 0 saturated carbocycles. The Kier molecular flexibility index (Phi) is 4.71. The lowest BCUT2D eigenvalue weighted by atomic mass is 10.2. The molecular formula is C11H12F2N2O2. The number of halogens is 2. The van der Waals surface area contributed by atoms with E-state index < -0.39 is 23.2 Å². The van der Waals surface area contributed by atoms with E-state index in [2.05, 4.69) is 11.6 Å². The minimum absolute atomic E-state index is 0.0221. The van der Waals surface area contributed by atoms with Crippen molar-refractivity contribution in [3.63, 3.8) is 0 Å². The van der Waals surface area contributed by atoms with Crippen LogP contribution in [0.5, 0.6) is 0 Å². The standard InChI is InChI=1S/C11H12F2N2O2/c1-2-5-15(6-7-16)11(17)8-3-4-14-10(13)9(8)12/h2-4,16H,1,5-7H2. The van der Waals surface area contributed by atoms with Crippen LogP contribution in [0.2, 0.25) is 0 Å². The van der Waals surface area contributed by atoms with Gasteiger partial charge in [-0.3, -0.25) is 4.79 Å². The molecule has 0 aliphatic heterocycles. The molecule has 1 N–H and O–H groups in total. The number of aromatic nitrogens is 1. The second-order valence-corrected chi connectivity index (χ2v) is 3.23. The molecule has 1 aromatic heterocycles. The van der Waals surface area contributed by atoms with Gasteiger partial charge in [-0.15, -0.1) is 6.58 Å². The van der Waals surface area contributed by atoms with Crippen LogP contribution in [0.3, 0.4) is 0 Å². The van der Waals surface area contributed by atoms with Crippen molar-refractivity contribution in [1.29, 1.82) is 0 Å². The van der Waals surface area contributed by atoms with Gasteiger partial charge in [-0.25, -0.2) is 9.37 Å². The van der Waals surface area contributed by atoms with Crippen molar-refractivity contribution in [1.82, 2.24) is 9.88 Å². The van der Waals surface area contributed by atoms with Gasteiger partial charge < -0.3 is 10.0 Å². The summed E-state index contributed by atoms with van der Waals surface area (Å²) in [4.78, 5) is 16.1. The molecule has 0 aromatic carbocycles. The molecule has 0 unspecified atom stereocenters. The lowest BCUT2D eigenvalue weighted by Crippen LogP contribution is -2.34.